The van der Waals surface area contributed by atoms with Gasteiger partial charge in [0.2, 0.25) is 10.0 Å². The van der Waals surface area contributed by atoms with Crippen LogP contribution in [-0.4, -0.2) is 43.8 Å². The molecule has 1 N–H and O–H groups in total. The van der Waals surface area contributed by atoms with E-state index in [4.69, 9.17) is 16.4 Å². The zero-order valence-corrected chi connectivity index (χ0v) is 16.9. The number of alkyl halides is 1. The van der Waals surface area contributed by atoms with E-state index in [0.717, 1.165) is 23.3 Å². The molecule has 0 aliphatic heterocycles. The van der Waals surface area contributed by atoms with Gasteiger partial charge < -0.3 is 0 Å². The van der Waals surface area contributed by atoms with Gasteiger partial charge in [-0.1, -0.05) is 30.3 Å². The number of carbonyl (C=O) groups excluding carboxylic acids is 1. The largest absolute Gasteiger partial charge is 0.289 e. The molecule has 0 saturated heterocycles. The number of nitrogens with zero attached hydrogens (tertiary/aromatic N) is 2. The predicted octanol–water partition coefficient (Wildman–Crippen LogP) is 2.38. The second kappa shape index (κ2) is 9.27. The number of sulfonamides is 1. The van der Waals surface area contributed by atoms with Crippen LogP contribution in [0, 0.1) is 15.9 Å². The molecule has 0 heterocycles. The first-order valence-corrected chi connectivity index (χ1v) is 9.98. The zero-order chi connectivity index (χ0) is 21.8. The fraction of sp³-hybridized carbons (Fsp3) is 0.235. The molecule has 0 spiro atoms. The van der Waals surface area contributed by atoms with Crippen LogP contribution in [0.1, 0.15) is 11.6 Å². The van der Waals surface area contributed by atoms with E-state index in [1.54, 1.807) is 0 Å². The van der Waals surface area contributed by atoms with Gasteiger partial charge in [-0.05, 0) is 12.1 Å². The third-order valence-corrected chi connectivity index (χ3v) is 5.91. The number of halogens is 2. The molecular formula is C17H17ClFN3O6S. The molecular weight excluding hydrogens is 429 g/mol. The zero-order valence-electron chi connectivity index (χ0n) is 15.3. The first-order chi connectivity index (χ1) is 13.6. The number of carbonyl (C=O) groups is 1. The Morgan fingerprint density at radius 2 is 1.83 bits per heavy atom. The van der Waals surface area contributed by atoms with E-state index >= 15 is 0 Å². The Bertz CT molecular complexity index is 1020. The molecule has 1 amide bonds. The van der Waals surface area contributed by atoms with Crippen molar-refractivity contribution < 1.29 is 27.4 Å². The van der Waals surface area contributed by atoms with E-state index in [1.807, 2.05) is 0 Å². The quantitative estimate of drug-likeness (QED) is 0.378. The van der Waals surface area contributed by atoms with E-state index < -0.39 is 48.7 Å². The Labute approximate surface area is 171 Å². The van der Waals surface area contributed by atoms with Crippen LogP contribution in [0.3, 0.4) is 0 Å². The topological polar surface area (TPSA) is 119 Å². The molecule has 0 fully saturated rings. The molecule has 9 nitrogen and oxygen atoms in total. The summed E-state index contributed by atoms with van der Waals surface area (Å²) in [6.45, 7) is 0. The van der Waals surface area contributed by atoms with Crippen molar-refractivity contribution in [1.29, 1.82) is 0 Å². The van der Waals surface area contributed by atoms with Crippen molar-refractivity contribution in [3.63, 3.8) is 0 Å². The summed E-state index contributed by atoms with van der Waals surface area (Å²) in [4.78, 5) is 26.8. The van der Waals surface area contributed by atoms with Crippen molar-refractivity contribution in [1.82, 2.24) is 9.79 Å². The van der Waals surface area contributed by atoms with Gasteiger partial charge in [0.25, 0.3) is 11.6 Å². The Kier molecular flexibility index (Phi) is 7.25. The van der Waals surface area contributed by atoms with Crippen LogP contribution < -0.4 is 4.72 Å². The summed E-state index contributed by atoms with van der Waals surface area (Å²) in [6, 6.07) is 8.16. The van der Waals surface area contributed by atoms with Gasteiger partial charge in [0, 0.05) is 18.7 Å². The van der Waals surface area contributed by atoms with Gasteiger partial charge in [-0.25, -0.2) is 22.6 Å². The predicted molar refractivity (Wildman–Crippen MR) is 102 cm³/mol. The molecule has 29 heavy (non-hydrogen) atoms. The molecule has 0 bridgehead atoms. The van der Waals surface area contributed by atoms with Crippen LogP contribution in [-0.2, 0) is 19.7 Å². The molecule has 0 radical (unpaired) electrons. The van der Waals surface area contributed by atoms with Gasteiger partial charge in [-0.2, -0.15) is 0 Å². The molecule has 0 aromatic heterocycles. The molecule has 156 valence electrons. The normalized spacial score (nSPS) is 13.5. The lowest BCUT2D eigenvalue weighted by Gasteiger charge is -2.26. The summed E-state index contributed by atoms with van der Waals surface area (Å²) in [6.07, 6.45) is 0. The summed E-state index contributed by atoms with van der Waals surface area (Å²) in [5.41, 5.74) is -0.897. The molecule has 2 atom stereocenters. The number of nitrogens with one attached hydrogen (secondary N) is 1. The number of nitro benzene ring substituents is 1. The molecule has 0 aliphatic carbocycles. The molecule has 12 heteroatoms. The fourth-order valence-corrected chi connectivity index (χ4v) is 4.29. The summed E-state index contributed by atoms with van der Waals surface area (Å²) >= 11 is 6.17. The first kappa shape index (κ1) is 22.7. The Morgan fingerprint density at radius 1 is 1.24 bits per heavy atom. The van der Waals surface area contributed by atoms with Gasteiger partial charge in [0.05, 0.1) is 18.1 Å². The molecule has 2 aromatic carbocycles. The lowest BCUT2D eigenvalue weighted by atomic mass is 10.0. The van der Waals surface area contributed by atoms with Crippen LogP contribution in [0.15, 0.2) is 53.4 Å². The first-order valence-electron chi connectivity index (χ1n) is 8.06. The smallest absolute Gasteiger partial charge is 0.275 e. The molecule has 0 saturated carbocycles. The van der Waals surface area contributed by atoms with Crippen molar-refractivity contribution in [2.24, 2.45) is 0 Å². The van der Waals surface area contributed by atoms with Crippen molar-refractivity contribution in [2.45, 2.75) is 16.3 Å². The average Bonchev–Trinajstić information content (AvgIpc) is 2.71. The van der Waals surface area contributed by atoms with E-state index in [2.05, 4.69) is 4.72 Å². The third-order valence-electron chi connectivity index (χ3n) is 3.99. The second-order valence-corrected chi connectivity index (χ2v) is 7.92. The minimum absolute atomic E-state index is 0.215. The number of amides is 1. The van der Waals surface area contributed by atoms with Crippen LogP contribution in [0.5, 0.6) is 0 Å². The summed E-state index contributed by atoms with van der Waals surface area (Å²) in [5, 5.41) is 10.3. The lowest BCUT2D eigenvalue weighted by molar-refractivity contribution is -0.387. The number of hydroxylamine groups is 2. The number of nitro groups is 1. The lowest BCUT2D eigenvalue weighted by Crippen LogP contribution is -2.43. The Hall–Kier alpha value is -2.60. The van der Waals surface area contributed by atoms with Crippen LogP contribution in [0.25, 0.3) is 0 Å². The van der Waals surface area contributed by atoms with Crippen molar-refractivity contribution in [3.05, 3.63) is 70.0 Å². The van der Waals surface area contributed by atoms with Crippen LogP contribution in [0.4, 0.5) is 10.1 Å². The van der Waals surface area contributed by atoms with Crippen molar-refractivity contribution >= 4 is 33.2 Å². The van der Waals surface area contributed by atoms with Crippen molar-refractivity contribution in [2.75, 3.05) is 14.2 Å². The highest BCUT2D eigenvalue weighted by molar-refractivity contribution is 7.89. The molecule has 2 aromatic rings. The maximum atomic E-state index is 14.4. The third kappa shape index (κ3) is 5.07. The Balaban J connectivity index is 2.55. The molecule has 2 rings (SSSR count). The average molecular weight is 446 g/mol. The van der Waals surface area contributed by atoms with E-state index in [0.29, 0.717) is 0 Å². The highest BCUT2D eigenvalue weighted by atomic mass is 35.5. The molecule has 0 unspecified atom stereocenters. The van der Waals surface area contributed by atoms with Crippen LogP contribution >= 0.6 is 11.6 Å². The highest BCUT2D eigenvalue weighted by Gasteiger charge is 2.37. The van der Waals surface area contributed by atoms with E-state index in [9.17, 15) is 27.7 Å². The summed E-state index contributed by atoms with van der Waals surface area (Å²) < 4.78 is 42.2. The van der Waals surface area contributed by atoms with Gasteiger partial charge >= 0.3 is 0 Å². The van der Waals surface area contributed by atoms with Gasteiger partial charge in [-0.15, -0.1) is 11.6 Å². The van der Waals surface area contributed by atoms with Crippen LogP contribution in [0.2, 0.25) is 0 Å². The maximum absolute atomic E-state index is 14.4. The van der Waals surface area contributed by atoms with Gasteiger partial charge in [0.1, 0.15) is 11.2 Å². The monoisotopic (exact) mass is 445 g/mol. The minimum atomic E-state index is -4.57. The minimum Gasteiger partial charge on any atom is -0.275 e. The summed E-state index contributed by atoms with van der Waals surface area (Å²) in [5.74, 6) is -1.67. The number of rotatable bonds is 8. The number of para-hydroxylation sites is 1. The van der Waals surface area contributed by atoms with Crippen molar-refractivity contribution in [3.8, 4) is 0 Å². The van der Waals surface area contributed by atoms with E-state index in [-0.39, 0.29) is 5.56 Å². The summed E-state index contributed by atoms with van der Waals surface area (Å²) in [7, 11) is -2.13. The Morgan fingerprint density at radius 3 is 2.41 bits per heavy atom. The number of hydrogen-bond acceptors (Lipinski definition) is 6. The SMILES string of the molecule is CON(C)C(=O)[C@@H](Cl)[C@H](NS(=O)(=O)c1ccccc1[N+](=O)[O-])c1ccccc1F. The maximum Gasteiger partial charge on any atom is 0.289 e. The van der Waals surface area contributed by atoms with Gasteiger partial charge in [-0.3, -0.25) is 19.7 Å². The standard InChI is InChI=1S/C17H17ClFN3O6S/c1-21(28-2)17(23)15(18)16(11-7-3-4-8-12(11)19)20-29(26,27)14-10-6-5-9-13(14)22(24)25/h3-10,15-16,20H,1-2H3/t15-,16+/m0/s1. The van der Waals surface area contributed by atoms with E-state index in [1.165, 1.54) is 44.5 Å². The highest BCUT2D eigenvalue weighted by Crippen LogP contribution is 2.30. The number of benzene rings is 2. The fourth-order valence-electron chi connectivity index (χ4n) is 2.48. The van der Waals surface area contributed by atoms with Gasteiger partial charge in [0.15, 0.2) is 4.90 Å². The second-order valence-electron chi connectivity index (χ2n) is 5.77. The number of hydrogen-bond donors (Lipinski definition) is 1. The molecule has 0 aliphatic rings.